The van der Waals surface area contributed by atoms with Crippen molar-refractivity contribution < 1.29 is 9.52 Å². The van der Waals surface area contributed by atoms with Gasteiger partial charge in [0.2, 0.25) is 0 Å². The van der Waals surface area contributed by atoms with Crippen LogP contribution in [-0.4, -0.2) is 72.9 Å². The summed E-state index contributed by atoms with van der Waals surface area (Å²) in [7, 11) is 2.15. The van der Waals surface area contributed by atoms with Crippen molar-refractivity contribution >= 4 is 27.6 Å². The summed E-state index contributed by atoms with van der Waals surface area (Å²) in [6.45, 7) is 5.08. The van der Waals surface area contributed by atoms with Gasteiger partial charge in [-0.3, -0.25) is 9.88 Å². The molecule has 1 fully saturated rings. The third-order valence-electron chi connectivity index (χ3n) is 7.98. The zero-order valence-corrected chi connectivity index (χ0v) is 23.6. The molecule has 0 unspecified atom stereocenters. The molecule has 11 nitrogen and oxygen atoms in total. The minimum Gasteiger partial charge on any atom is -0.506 e. The number of fused-ring (bicyclic) bond motifs is 2. The molecule has 1 aliphatic heterocycles. The van der Waals surface area contributed by atoms with Gasteiger partial charge in [0.1, 0.15) is 35.9 Å². The zero-order valence-electron chi connectivity index (χ0n) is 23.6. The molecule has 1 saturated heterocycles. The summed E-state index contributed by atoms with van der Waals surface area (Å²) < 4.78 is 7.69. The highest BCUT2D eigenvalue weighted by Crippen LogP contribution is 2.35. The number of piperazine rings is 1. The fourth-order valence-corrected chi connectivity index (χ4v) is 5.80. The number of nitrogen functional groups attached to an aromatic ring is 1. The first-order valence-electron chi connectivity index (χ1n) is 14.1. The molecule has 5 heterocycles. The molecule has 4 aromatic heterocycles. The van der Waals surface area contributed by atoms with Gasteiger partial charge >= 0.3 is 5.63 Å². The Labute approximate surface area is 246 Å². The number of rotatable bonds is 6. The topological polar surface area (TPSA) is 139 Å². The number of hydrogen-bond donors (Lipinski definition) is 2. The normalized spacial score (nSPS) is 14.5. The van der Waals surface area contributed by atoms with Crippen LogP contribution >= 0.6 is 0 Å². The van der Waals surface area contributed by atoms with Crippen LogP contribution in [0.3, 0.4) is 0 Å². The lowest BCUT2D eigenvalue weighted by Gasteiger charge is -2.32. The highest BCUT2D eigenvalue weighted by molar-refractivity contribution is 5.99. The summed E-state index contributed by atoms with van der Waals surface area (Å²) in [5.41, 5.74) is 10.3. The average molecular weight is 575 g/mol. The van der Waals surface area contributed by atoms with Gasteiger partial charge in [0.15, 0.2) is 5.65 Å². The van der Waals surface area contributed by atoms with E-state index in [2.05, 4.69) is 50.0 Å². The summed E-state index contributed by atoms with van der Waals surface area (Å²) in [5, 5.41) is 16.7. The molecule has 3 N–H and O–H groups in total. The van der Waals surface area contributed by atoms with Crippen LogP contribution < -0.4 is 11.4 Å². The summed E-state index contributed by atoms with van der Waals surface area (Å²) in [6, 6.07) is 17.5. The maximum atomic E-state index is 13.2. The van der Waals surface area contributed by atoms with Gasteiger partial charge in [-0.05, 0) is 36.4 Å². The van der Waals surface area contributed by atoms with E-state index in [0.29, 0.717) is 33.4 Å². The lowest BCUT2D eigenvalue weighted by Crippen LogP contribution is -2.43. The van der Waals surface area contributed by atoms with Gasteiger partial charge in [-0.1, -0.05) is 36.4 Å². The first-order chi connectivity index (χ1) is 20.9. The Morgan fingerprint density at radius 2 is 1.74 bits per heavy atom. The first kappa shape index (κ1) is 26.7. The standard InChI is InChI=1S/C32H30N8O3/c1-38-9-11-39(12-10-38)17-20-5-4-6-21(13-20)27-24-7-2-3-8-25(24)32(42)43-26(27)18-40-31-28(30(33)35-19-36-31)29(37-40)22-14-23(41)16-34-15-22/h2-8,13-16,19,41H,9-12,17-18H2,1H3,(H2,33,35,36). The fourth-order valence-electron chi connectivity index (χ4n) is 5.80. The lowest BCUT2D eigenvalue weighted by atomic mass is 9.96. The minimum absolute atomic E-state index is 0.00473. The molecule has 0 atom stereocenters. The molecule has 0 bridgehead atoms. The van der Waals surface area contributed by atoms with Gasteiger partial charge < -0.3 is 20.2 Å². The van der Waals surface area contributed by atoms with Crippen LogP contribution in [0.4, 0.5) is 5.82 Å². The van der Waals surface area contributed by atoms with Crippen molar-refractivity contribution in [2.75, 3.05) is 39.0 Å². The summed E-state index contributed by atoms with van der Waals surface area (Å²) in [5.74, 6) is 0.684. The second-order valence-corrected chi connectivity index (χ2v) is 10.9. The van der Waals surface area contributed by atoms with Crippen molar-refractivity contribution in [2.24, 2.45) is 0 Å². The number of hydrogen-bond acceptors (Lipinski definition) is 10. The van der Waals surface area contributed by atoms with Gasteiger partial charge in [0.05, 0.1) is 17.0 Å². The fraction of sp³-hybridized carbons (Fsp3) is 0.219. The van der Waals surface area contributed by atoms with Crippen molar-refractivity contribution in [3.05, 3.63) is 95.1 Å². The number of aromatic nitrogens is 5. The highest BCUT2D eigenvalue weighted by atomic mass is 16.4. The molecule has 6 aromatic rings. The molecule has 0 amide bonds. The zero-order chi connectivity index (χ0) is 29.5. The van der Waals surface area contributed by atoms with Gasteiger partial charge in [-0.2, -0.15) is 5.10 Å². The molecule has 11 heteroatoms. The van der Waals surface area contributed by atoms with Crippen molar-refractivity contribution in [1.82, 2.24) is 34.5 Å². The average Bonchev–Trinajstić information content (AvgIpc) is 3.38. The summed E-state index contributed by atoms with van der Waals surface area (Å²) in [6.07, 6.45) is 4.31. The number of likely N-dealkylation sites (N-methyl/N-ethyl adjacent to an activating group) is 1. The third kappa shape index (κ3) is 5.09. The van der Waals surface area contributed by atoms with Crippen LogP contribution in [0, 0.1) is 0 Å². The molecule has 0 spiro atoms. The van der Waals surface area contributed by atoms with Crippen molar-refractivity contribution in [3.63, 3.8) is 0 Å². The maximum absolute atomic E-state index is 13.2. The lowest BCUT2D eigenvalue weighted by molar-refractivity contribution is 0.148. The molecule has 0 saturated carbocycles. The summed E-state index contributed by atoms with van der Waals surface area (Å²) >= 11 is 0. The largest absolute Gasteiger partial charge is 0.506 e. The number of nitrogens with zero attached hydrogens (tertiary/aromatic N) is 7. The van der Waals surface area contributed by atoms with Crippen molar-refractivity contribution in [1.29, 1.82) is 0 Å². The monoisotopic (exact) mass is 574 g/mol. The van der Waals surface area contributed by atoms with E-state index >= 15 is 0 Å². The van der Waals surface area contributed by atoms with E-state index in [9.17, 15) is 9.90 Å². The molecule has 0 radical (unpaired) electrons. The molecule has 216 valence electrons. The molecular weight excluding hydrogens is 544 g/mol. The SMILES string of the molecule is CN1CCN(Cc2cccc(-c3c(Cn4nc(-c5cncc(O)c5)c5c(N)ncnc54)oc(=O)c4ccccc34)c2)CC1. The first-order valence-corrected chi connectivity index (χ1v) is 14.1. The van der Waals surface area contributed by atoms with Crippen LogP contribution in [0.25, 0.3) is 44.2 Å². The van der Waals surface area contributed by atoms with Crippen LogP contribution in [0.1, 0.15) is 11.3 Å². The predicted octanol–water partition coefficient (Wildman–Crippen LogP) is 3.75. The second kappa shape index (κ2) is 10.9. The Kier molecular flexibility index (Phi) is 6.80. The van der Waals surface area contributed by atoms with Gasteiger partial charge in [0.25, 0.3) is 0 Å². The predicted molar refractivity (Wildman–Crippen MR) is 164 cm³/mol. The Hall–Kier alpha value is -5.13. The van der Waals surface area contributed by atoms with E-state index in [-0.39, 0.29) is 18.1 Å². The van der Waals surface area contributed by atoms with Crippen molar-refractivity contribution in [2.45, 2.75) is 13.1 Å². The van der Waals surface area contributed by atoms with Crippen molar-refractivity contribution in [3.8, 4) is 28.1 Å². The van der Waals surface area contributed by atoms with E-state index in [4.69, 9.17) is 15.2 Å². The van der Waals surface area contributed by atoms with Crippen LogP contribution in [0.5, 0.6) is 5.75 Å². The number of aromatic hydroxyl groups is 1. The highest BCUT2D eigenvalue weighted by Gasteiger charge is 2.22. The van der Waals surface area contributed by atoms with E-state index < -0.39 is 5.63 Å². The van der Waals surface area contributed by atoms with E-state index in [1.165, 1.54) is 18.1 Å². The molecule has 43 heavy (non-hydrogen) atoms. The van der Waals surface area contributed by atoms with Crippen LogP contribution in [0.15, 0.2) is 82.5 Å². The molecule has 7 rings (SSSR count). The van der Waals surface area contributed by atoms with Crippen LogP contribution in [-0.2, 0) is 13.1 Å². The van der Waals surface area contributed by atoms with Gasteiger partial charge in [-0.15, -0.1) is 0 Å². The number of anilines is 1. The molecule has 0 aliphatic carbocycles. The second-order valence-electron chi connectivity index (χ2n) is 10.9. The number of benzene rings is 2. The minimum atomic E-state index is -0.425. The Bertz CT molecular complexity index is 2030. The van der Waals surface area contributed by atoms with E-state index in [1.807, 2.05) is 24.3 Å². The van der Waals surface area contributed by atoms with E-state index in [0.717, 1.165) is 49.2 Å². The quantitative estimate of drug-likeness (QED) is 0.302. The molecular formula is C32H30N8O3. The van der Waals surface area contributed by atoms with Gasteiger partial charge in [-0.25, -0.2) is 19.4 Å². The number of nitrogens with two attached hydrogens (primary N) is 1. The maximum Gasteiger partial charge on any atom is 0.343 e. The Morgan fingerprint density at radius 3 is 2.56 bits per heavy atom. The van der Waals surface area contributed by atoms with E-state index in [1.54, 1.807) is 23.0 Å². The van der Waals surface area contributed by atoms with Gasteiger partial charge in [0, 0.05) is 55.4 Å². The number of pyridine rings is 1. The smallest absolute Gasteiger partial charge is 0.343 e. The molecule has 1 aliphatic rings. The third-order valence-corrected chi connectivity index (χ3v) is 7.98. The Balaban J connectivity index is 1.36. The Morgan fingerprint density at radius 1 is 0.930 bits per heavy atom. The molecule has 2 aromatic carbocycles. The summed E-state index contributed by atoms with van der Waals surface area (Å²) in [4.78, 5) is 30.8. The van der Waals surface area contributed by atoms with Crippen LogP contribution in [0.2, 0.25) is 0 Å².